The van der Waals surface area contributed by atoms with E-state index in [2.05, 4.69) is 15.2 Å². The Labute approximate surface area is 155 Å². The summed E-state index contributed by atoms with van der Waals surface area (Å²) in [6, 6.07) is 0.0704. The lowest BCUT2D eigenvalue weighted by Gasteiger charge is -2.32. The lowest BCUT2D eigenvalue weighted by molar-refractivity contribution is -0.125. The normalized spacial score (nSPS) is 24.5. The summed E-state index contributed by atoms with van der Waals surface area (Å²) in [5.74, 6) is 1.64. The van der Waals surface area contributed by atoms with Gasteiger partial charge in [-0.2, -0.15) is 0 Å². The number of hydrogen-bond donors (Lipinski definition) is 2. The summed E-state index contributed by atoms with van der Waals surface area (Å²) in [7, 11) is 0. The second-order valence-electron chi connectivity index (χ2n) is 8.12. The Morgan fingerprint density at radius 1 is 1.15 bits per heavy atom. The minimum Gasteiger partial charge on any atom is -0.396 e. The molecule has 4 rings (SSSR count). The van der Waals surface area contributed by atoms with E-state index in [4.69, 9.17) is 4.98 Å². The number of aliphatic hydroxyl groups is 1. The molecule has 1 aromatic rings. The Hall–Kier alpha value is -1.69. The minimum absolute atomic E-state index is 0.0704. The van der Waals surface area contributed by atoms with Crippen molar-refractivity contribution in [1.29, 1.82) is 0 Å². The smallest absolute Gasteiger partial charge is 0.225 e. The van der Waals surface area contributed by atoms with Gasteiger partial charge in [-0.25, -0.2) is 9.97 Å². The van der Waals surface area contributed by atoms with Crippen LogP contribution < -0.4 is 10.2 Å². The zero-order valence-corrected chi connectivity index (χ0v) is 15.5. The maximum atomic E-state index is 12.5. The van der Waals surface area contributed by atoms with E-state index < -0.39 is 0 Å². The molecule has 6 heteroatoms. The topological polar surface area (TPSA) is 78.4 Å². The number of rotatable bonds is 4. The van der Waals surface area contributed by atoms with Gasteiger partial charge < -0.3 is 15.3 Å². The first-order chi connectivity index (χ1) is 12.7. The molecular formula is C20H30N4O2. The van der Waals surface area contributed by atoms with Crippen LogP contribution in [0.5, 0.6) is 0 Å². The standard InChI is InChI=1S/C20H30N4O2/c25-13-14-8-10-24(11-9-14)20-21-12-16-17(6-3-7-18(16)23-20)22-19(26)15-4-1-2-5-15/h12,14-15,17,25H,1-11,13H2,(H,22,26)/t17-/m1/s1. The summed E-state index contributed by atoms with van der Waals surface area (Å²) in [5, 5.41) is 12.6. The summed E-state index contributed by atoms with van der Waals surface area (Å²) < 4.78 is 0. The molecule has 1 atom stereocenters. The van der Waals surface area contributed by atoms with Gasteiger partial charge >= 0.3 is 0 Å². The molecule has 0 spiro atoms. The molecule has 2 heterocycles. The van der Waals surface area contributed by atoms with E-state index in [9.17, 15) is 9.90 Å². The Morgan fingerprint density at radius 3 is 2.65 bits per heavy atom. The van der Waals surface area contributed by atoms with E-state index >= 15 is 0 Å². The van der Waals surface area contributed by atoms with Crippen LogP contribution in [0.15, 0.2) is 6.20 Å². The van der Waals surface area contributed by atoms with Crippen LogP contribution in [-0.4, -0.2) is 40.7 Å². The lowest BCUT2D eigenvalue weighted by Crippen LogP contribution is -2.37. The lowest BCUT2D eigenvalue weighted by atomic mass is 9.91. The van der Waals surface area contributed by atoms with Crippen LogP contribution in [0.4, 0.5) is 5.95 Å². The number of piperidine rings is 1. The molecule has 0 unspecified atom stereocenters. The van der Waals surface area contributed by atoms with E-state index in [1.807, 2.05) is 6.20 Å². The summed E-state index contributed by atoms with van der Waals surface area (Å²) in [6.07, 6.45) is 11.4. The molecule has 1 saturated carbocycles. The molecule has 2 fully saturated rings. The molecule has 1 aliphatic heterocycles. The third-order valence-electron chi connectivity index (χ3n) is 6.37. The highest BCUT2D eigenvalue weighted by Crippen LogP contribution is 2.32. The van der Waals surface area contributed by atoms with Gasteiger partial charge in [-0.05, 0) is 50.9 Å². The average molecular weight is 358 g/mol. The zero-order chi connectivity index (χ0) is 17.9. The molecule has 0 aromatic carbocycles. The van der Waals surface area contributed by atoms with E-state index in [1.54, 1.807) is 0 Å². The van der Waals surface area contributed by atoms with Crippen molar-refractivity contribution in [2.24, 2.45) is 11.8 Å². The number of carbonyl (C=O) groups is 1. The third-order valence-corrected chi connectivity index (χ3v) is 6.37. The molecule has 2 aliphatic carbocycles. The number of amides is 1. The molecule has 3 aliphatic rings. The largest absolute Gasteiger partial charge is 0.396 e. The fraction of sp³-hybridized carbons (Fsp3) is 0.750. The molecule has 1 saturated heterocycles. The van der Waals surface area contributed by atoms with Gasteiger partial charge in [-0.15, -0.1) is 0 Å². The minimum atomic E-state index is 0.0704. The van der Waals surface area contributed by atoms with Crippen LogP contribution in [0, 0.1) is 11.8 Å². The molecule has 6 nitrogen and oxygen atoms in total. The molecular weight excluding hydrogens is 328 g/mol. The van der Waals surface area contributed by atoms with Gasteiger partial charge in [0.2, 0.25) is 11.9 Å². The van der Waals surface area contributed by atoms with E-state index in [-0.39, 0.29) is 24.5 Å². The quantitative estimate of drug-likeness (QED) is 0.864. The number of aliphatic hydroxyl groups excluding tert-OH is 1. The first-order valence-corrected chi connectivity index (χ1v) is 10.3. The SMILES string of the molecule is O=C(N[C@@H]1CCCc2nc(N3CCC(CO)CC3)ncc21)C1CCCC1. The Morgan fingerprint density at radius 2 is 1.92 bits per heavy atom. The second kappa shape index (κ2) is 7.91. The van der Waals surface area contributed by atoms with Crippen molar-refractivity contribution in [1.82, 2.24) is 15.3 Å². The first kappa shape index (κ1) is 17.7. The predicted molar refractivity (Wildman–Crippen MR) is 99.8 cm³/mol. The molecule has 26 heavy (non-hydrogen) atoms. The number of aryl methyl sites for hydroxylation is 1. The van der Waals surface area contributed by atoms with Gasteiger partial charge in [0.1, 0.15) is 0 Å². The van der Waals surface area contributed by atoms with Crippen LogP contribution in [-0.2, 0) is 11.2 Å². The van der Waals surface area contributed by atoms with Gasteiger partial charge in [0.05, 0.1) is 11.7 Å². The van der Waals surface area contributed by atoms with Gasteiger partial charge in [-0.3, -0.25) is 4.79 Å². The van der Waals surface area contributed by atoms with Gasteiger partial charge in [-0.1, -0.05) is 12.8 Å². The zero-order valence-electron chi connectivity index (χ0n) is 15.5. The predicted octanol–water partition coefficient (Wildman–Crippen LogP) is 2.37. The Balaban J connectivity index is 1.44. The number of fused-ring (bicyclic) bond motifs is 1. The Kier molecular flexibility index (Phi) is 5.38. The van der Waals surface area contributed by atoms with Crippen LogP contribution >= 0.6 is 0 Å². The monoisotopic (exact) mass is 358 g/mol. The number of aromatic nitrogens is 2. The van der Waals surface area contributed by atoms with Crippen molar-refractivity contribution in [2.75, 3.05) is 24.6 Å². The molecule has 142 valence electrons. The third kappa shape index (κ3) is 3.70. The highest BCUT2D eigenvalue weighted by Gasteiger charge is 2.29. The molecule has 0 bridgehead atoms. The van der Waals surface area contributed by atoms with E-state index in [0.717, 1.165) is 75.2 Å². The number of nitrogens with one attached hydrogen (secondary N) is 1. The maximum Gasteiger partial charge on any atom is 0.225 e. The highest BCUT2D eigenvalue weighted by molar-refractivity contribution is 5.79. The van der Waals surface area contributed by atoms with Crippen LogP contribution in [0.3, 0.4) is 0 Å². The van der Waals surface area contributed by atoms with Gasteiger partial charge in [0.15, 0.2) is 0 Å². The first-order valence-electron chi connectivity index (χ1n) is 10.3. The van der Waals surface area contributed by atoms with E-state index in [0.29, 0.717) is 5.92 Å². The van der Waals surface area contributed by atoms with Crippen LogP contribution in [0.1, 0.15) is 68.7 Å². The molecule has 0 radical (unpaired) electrons. The van der Waals surface area contributed by atoms with Gasteiger partial charge in [0.25, 0.3) is 0 Å². The summed E-state index contributed by atoms with van der Waals surface area (Å²) >= 11 is 0. The number of carbonyl (C=O) groups excluding carboxylic acids is 1. The molecule has 2 N–H and O–H groups in total. The fourth-order valence-electron chi connectivity index (χ4n) is 4.63. The van der Waals surface area contributed by atoms with Crippen LogP contribution in [0.25, 0.3) is 0 Å². The Bertz CT molecular complexity index is 637. The van der Waals surface area contributed by atoms with Gasteiger partial charge in [0, 0.05) is 37.4 Å². The summed E-state index contributed by atoms with van der Waals surface area (Å²) in [4.78, 5) is 24.2. The average Bonchev–Trinajstić information content (AvgIpc) is 3.23. The van der Waals surface area contributed by atoms with Crippen molar-refractivity contribution in [3.63, 3.8) is 0 Å². The summed E-state index contributed by atoms with van der Waals surface area (Å²) in [6.45, 7) is 2.10. The van der Waals surface area contributed by atoms with Crippen molar-refractivity contribution in [3.8, 4) is 0 Å². The van der Waals surface area contributed by atoms with Crippen LogP contribution in [0.2, 0.25) is 0 Å². The number of anilines is 1. The number of nitrogens with zero attached hydrogens (tertiary/aromatic N) is 3. The van der Waals surface area contributed by atoms with Crippen molar-refractivity contribution in [2.45, 2.75) is 63.8 Å². The van der Waals surface area contributed by atoms with Crippen molar-refractivity contribution >= 4 is 11.9 Å². The maximum absolute atomic E-state index is 12.5. The van der Waals surface area contributed by atoms with Crippen molar-refractivity contribution in [3.05, 3.63) is 17.5 Å². The second-order valence-corrected chi connectivity index (χ2v) is 8.12. The molecule has 1 amide bonds. The van der Waals surface area contributed by atoms with Crippen molar-refractivity contribution < 1.29 is 9.90 Å². The van der Waals surface area contributed by atoms with E-state index in [1.165, 1.54) is 12.8 Å². The highest BCUT2D eigenvalue weighted by atomic mass is 16.3. The number of hydrogen-bond acceptors (Lipinski definition) is 5. The molecule has 1 aromatic heterocycles. The fourth-order valence-corrected chi connectivity index (χ4v) is 4.63. The summed E-state index contributed by atoms with van der Waals surface area (Å²) in [5.41, 5.74) is 2.21.